The molecular weight excluding hydrogens is 396 g/mol. The molecule has 0 unspecified atom stereocenters. The molecule has 0 radical (unpaired) electrons. The number of aliphatic hydroxyl groups is 2. The van der Waals surface area contributed by atoms with Gasteiger partial charge in [0.1, 0.15) is 11.2 Å². The zero-order chi connectivity index (χ0) is 22.5. The molecule has 4 bridgehead atoms. The van der Waals surface area contributed by atoms with Crippen molar-refractivity contribution in [3.63, 3.8) is 0 Å². The van der Waals surface area contributed by atoms with Crippen LogP contribution in [0.1, 0.15) is 77.6 Å². The standard InChI is InChI=1S/C28H36N2O2/c1-25(2)17-11-13-27(31,21(25)15-17)23-9-5-7-19(29-23)20-8-6-10-24(30-20)28(32)14-12-18-16-22(28)26(18,3)4/h5-10,17-18,21-22,31-32H,11-16H2,1-4H3/t17-,18-,21+,22+,27+,28+/m0/s1. The van der Waals surface area contributed by atoms with E-state index in [0.29, 0.717) is 0 Å². The van der Waals surface area contributed by atoms with Crippen molar-refractivity contribution in [2.24, 2.45) is 34.5 Å². The molecule has 4 heteroatoms. The van der Waals surface area contributed by atoms with Crippen molar-refractivity contribution in [3.05, 3.63) is 47.8 Å². The van der Waals surface area contributed by atoms with Crippen molar-refractivity contribution >= 4 is 0 Å². The Balaban J connectivity index is 1.35. The van der Waals surface area contributed by atoms with E-state index in [-0.39, 0.29) is 22.7 Å². The Kier molecular flexibility index (Phi) is 4.17. The zero-order valence-corrected chi connectivity index (χ0v) is 19.8. The third kappa shape index (κ3) is 2.57. The topological polar surface area (TPSA) is 66.2 Å². The van der Waals surface area contributed by atoms with Crippen LogP contribution in [0.2, 0.25) is 0 Å². The minimum atomic E-state index is -0.863. The Morgan fingerprint density at radius 3 is 1.44 bits per heavy atom. The fourth-order valence-corrected chi connectivity index (χ4v) is 8.02. The molecule has 8 rings (SSSR count). The second-order valence-electron chi connectivity index (χ2n) is 12.4. The summed E-state index contributed by atoms with van der Waals surface area (Å²) in [5.41, 5.74) is 1.72. The van der Waals surface area contributed by atoms with E-state index in [1.54, 1.807) is 0 Å². The Morgan fingerprint density at radius 1 is 0.688 bits per heavy atom. The second-order valence-corrected chi connectivity index (χ2v) is 12.4. The van der Waals surface area contributed by atoms with Crippen LogP contribution in [0.25, 0.3) is 11.4 Å². The Morgan fingerprint density at radius 2 is 1.09 bits per heavy atom. The summed E-state index contributed by atoms with van der Waals surface area (Å²) in [6.07, 6.45) is 5.87. The first-order valence-electron chi connectivity index (χ1n) is 12.5. The van der Waals surface area contributed by atoms with Gasteiger partial charge in [0, 0.05) is 0 Å². The van der Waals surface area contributed by atoms with Gasteiger partial charge >= 0.3 is 0 Å². The summed E-state index contributed by atoms with van der Waals surface area (Å²) in [5.74, 6) is 1.96. The molecule has 6 fully saturated rings. The predicted octanol–water partition coefficient (Wildman–Crippen LogP) is 5.43. The van der Waals surface area contributed by atoms with Crippen LogP contribution in [0, 0.1) is 34.5 Å². The van der Waals surface area contributed by atoms with Crippen LogP contribution in [-0.4, -0.2) is 20.2 Å². The molecule has 6 aliphatic rings. The van der Waals surface area contributed by atoms with Crippen LogP contribution in [-0.2, 0) is 11.2 Å². The van der Waals surface area contributed by atoms with Gasteiger partial charge in [-0.3, -0.25) is 0 Å². The average molecular weight is 433 g/mol. The predicted molar refractivity (Wildman–Crippen MR) is 124 cm³/mol. The monoisotopic (exact) mass is 432 g/mol. The van der Waals surface area contributed by atoms with Crippen molar-refractivity contribution < 1.29 is 10.2 Å². The van der Waals surface area contributed by atoms with Gasteiger partial charge in [0.15, 0.2) is 0 Å². The SMILES string of the molecule is CC1(C)[C@H]2CC[C@](O)(c3cccc(-c4cccc([C@@]5(O)CC[C@H]6C[C@@H]5C6(C)C)n4)n3)[C@@H]1C2. The third-order valence-electron chi connectivity index (χ3n) is 10.5. The van der Waals surface area contributed by atoms with Gasteiger partial charge < -0.3 is 10.2 Å². The first-order chi connectivity index (χ1) is 15.1. The largest absolute Gasteiger partial charge is 0.383 e. The van der Waals surface area contributed by atoms with Gasteiger partial charge in [-0.1, -0.05) is 39.8 Å². The van der Waals surface area contributed by atoms with Crippen molar-refractivity contribution in [3.8, 4) is 11.4 Å². The van der Waals surface area contributed by atoms with Crippen LogP contribution in [0.5, 0.6) is 0 Å². The molecule has 0 spiro atoms. The summed E-state index contributed by atoms with van der Waals surface area (Å²) in [5, 5.41) is 23.5. The van der Waals surface area contributed by atoms with E-state index >= 15 is 0 Å². The fourth-order valence-electron chi connectivity index (χ4n) is 8.02. The minimum absolute atomic E-state index is 0.167. The highest BCUT2D eigenvalue weighted by Gasteiger charge is 2.62. The molecule has 2 heterocycles. The maximum atomic E-state index is 11.7. The normalized spacial score (nSPS) is 40.8. The fraction of sp³-hybridized carbons (Fsp3) is 0.643. The van der Waals surface area contributed by atoms with E-state index in [1.807, 2.05) is 36.4 Å². The second kappa shape index (κ2) is 6.42. The van der Waals surface area contributed by atoms with E-state index in [0.717, 1.165) is 73.1 Å². The minimum Gasteiger partial charge on any atom is -0.383 e. The zero-order valence-electron chi connectivity index (χ0n) is 19.8. The number of fused-ring (bicyclic) bond motifs is 4. The van der Waals surface area contributed by atoms with E-state index in [2.05, 4.69) is 27.7 Å². The highest BCUT2D eigenvalue weighted by Crippen LogP contribution is 2.66. The average Bonchev–Trinajstić information content (AvgIpc) is 2.79. The maximum absolute atomic E-state index is 11.7. The van der Waals surface area contributed by atoms with Crippen molar-refractivity contribution in [1.29, 1.82) is 0 Å². The highest BCUT2D eigenvalue weighted by molar-refractivity contribution is 5.55. The van der Waals surface area contributed by atoms with E-state index in [9.17, 15) is 10.2 Å². The first-order valence-corrected chi connectivity index (χ1v) is 12.5. The molecule has 0 aliphatic heterocycles. The Bertz CT molecular complexity index is 989. The molecule has 0 amide bonds. The summed E-state index contributed by atoms with van der Waals surface area (Å²) in [7, 11) is 0. The lowest BCUT2D eigenvalue weighted by Gasteiger charge is -2.63. The van der Waals surface area contributed by atoms with Crippen LogP contribution in [0.15, 0.2) is 36.4 Å². The lowest BCUT2D eigenvalue weighted by Crippen LogP contribution is -2.60. The summed E-state index contributed by atoms with van der Waals surface area (Å²) in [4.78, 5) is 9.90. The van der Waals surface area contributed by atoms with Gasteiger partial charge in [0.25, 0.3) is 0 Å². The number of aromatic nitrogens is 2. The number of rotatable bonds is 3. The third-order valence-corrected chi connectivity index (χ3v) is 10.5. The molecule has 2 aromatic rings. The smallest absolute Gasteiger partial charge is 0.110 e. The molecule has 2 aromatic heterocycles. The van der Waals surface area contributed by atoms with Gasteiger partial charge in [0.05, 0.1) is 22.8 Å². The molecule has 4 nitrogen and oxygen atoms in total. The summed E-state index contributed by atoms with van der Waals surface area (Å²) < 4.78 is 0. The van der Waals surface area contributed by atoms with Crippen LogP contribution in [0.4, 0.5) is 0 Å². The molecule has 6 atom stereocenters. The summed E-state index contributed by atoms with van der Waals surface area (Å²) in [6.45, 7) is 9.18. The lowest BCUT2D eigenvalue weighted by molar-refractivity contribution is -0.209. The number of hydrogen-bond acceptors (Lipinski definition) is 4. The molecule has 6 saturated carbocycles. The number of hydrogen-bond donors (Lipinski definition) is 2. The van der Waals surface area contributed by atoms with Gasteiger partial charge in [-0.15, -0.1) is 0 Å². The van der Waals surface area contributed by atoms with Gasteiger partial charge in [0.2, 0.25) is 0 Å². The number of nitrogens with zero attached hydrogens (tertiary/aromatic N) is 2. The molecule has 6 aliphatic carbocycles. The molecule has 2 N–H and O–H groups in total. The van der Waals surface area contributed by atoms with Crippen LogP contribution >= 0.6 is 0 Å². The number of pyridine rings is 2. The molecule has 0 aromatic carbocycles. The Labute approximate surface area is 191 Å². The first kappa shape index (κ1) is 20.8. The van der Waals surface area contributed by atoms with Gasteiger partial charge in [-0.25, -0.2) is 9.97 Å². The van der Waals surface area contributed by atoms with E-state index < -0.39 is 11.2 Å². The van der Waals surface area contributed by atoms with Crippen molar-refractivity contribution in [2.45, 2.75) is 77.4 Å². The highest BCUT2D eigenvalue weighted by atomic mass is 16.3. The summed E-state index contributed by atoms with van der Waals surface area (Å²) in [6, 6.07) is 11.9. The Hall–Kier alpha value is -1.78. The molecule has 32 heavy (non-hydrogen) atoms. The summed E-state index contributed by atoms with van der Waals surface area (Å²) >= 11 is 0. The molecule has 0 saturated heterocycles. The quantitative estimate of drug-likeness (QED) is 0.679. The molecule has 170 valence electrons. The van der Waals surface area contributed by atoms with E-state index in [1.165, 1.54) is 0 Å². The van der Waals surface area contributed by atoms with Gasteiger partial charge in [-0.2, -0.15) is 0 Å². The van der Waals surface area contributed by atoms with Crippen molar-refractivity contribution in [1.82, 2.24) is 9.97 Å². The van der Waals surface area contributed by atoms with Crippen LogP contribution < -0.4 is 0 Å². The van der Waals surface area contributed by atoms with Crippen LogP contribution in [0.3, 0.4) is 0 Å². The lowest BCUT2D eigenvalue weighted by atomic mass is 9.43. The van der Waals surface area contributed by atoms with E-state index in [4.69, 9.17) is 9.97 Å². The van der Waals surface area contributed by atoms with Crippen molar-refractivity contribution in [2.75, 3.05) is 0 Å². The van der Waals surface area contributed by atoms with Gasteiger partial charge in [-0.05, 0) is 97.3 Å². The molecular formula is C28H36N2O2. The maximum Gasteiger partial charge on any atom is 0.110 e.